The number of carbonyl (C=O) groups is 2. The fourth-order valence-electron chi connectivity index (χ4n) is 6.42. The standard InChI is InChI=1S/C36H68O3/c1-3-5-7-9-11-13-15-17-19-21-23-25-27-29-31-36(33-34(37)39-35(36)38)32-30-28-26-24-22-20-18-16-14-12-10-8-6-4-2/h3-33H2,1-2H3. The van der Waals surface area contributed by atoms with Gasteiger partial charge >= 0.3 is 11.9 Å². The van der Waals surface area contributed by atoms with Gasteiger partial charge in [-0.2, -0.15) is 0 Å². The quantitative estimate of drug-likeness (QED) is 0.0509. The van der Waals surface area contributed by atoms with Gasteiger partial charge in [0.1, 0.15) is 0 Å². The van der Waals surface area contributed by atoms with E-state index in [4.69, 9.17) is 4.74 Å². The molecule has 0 N–H and O–H groups in total. The average molecular weight is 549 g/mol. The highest BCUT2D eigenvalue weighted by molar-refractivity contribution is 5.97. The van der Waals surface area contributed by atoms with E-state index >= 15 is 0 Å². The number of cyclic esters (lactones) is 2. The van der Waals surface area contributed by atoms with Crippen LogP contribution < -0.4 is 0 Å². The molecule has 1 heterocycles. The number of carbonyl (C=O) groups excluding carboxylic acids is 2. The molecule has 0 aromatic carbocycles. The highest BCUT2D eigenvalue weighted by atomic mass is 16.6. The number of esters is 2. The van der Waals surface area contributed by atoms with Crippen LogP contribution in [-0.4, -0.2) is 11.9 Å². The first-order chi connectivity index (χ1) is 19.1. The van der Waals surface area contributed by atoms with Crippen LogP contribution in [0.4, 0.5) is 0 Å². The van der Waals surface area contributed by atoms with Crippen LogP contribution in [-0.2, 0) is 14.3 Å². The second-order valence-electron chi connectivity index (χ2n) is 12.9. The van der Waals surface area contributed by atoms with Gasteiger partial charge in [-0.15, -0.1) is 0 Å². The zero-order valence-electron chi connectivity index (χ0n) is 26.6. The summed E-state index contributed by atoms with van der Waals surface area (Å²) >= 11 is 0. The Labute approximate surface area is 244 Å². The lowest BCUT2D eigenvalue weighted by Crippen LogP contribution is -2.26. The minimum Gasteiger partial charge on any atom is -0.393 e. The Balaban J connectivity index is 2.02. The minimum absolute atomic E-state index is 0.225. The van der Waals surface area contributed by atoms with Gasteiger partial charge in [0.25, 0.3) is 0 Å². The van der Waals surface area contributed by atoms with E-state index in [1.165, 1.54) is 167 Å². The summed E-state index contributed by atoms with van der Waals surface area (Å²) in [6.45, 7) is 4.56. The van der Waals surface area contributed by atoms with Crippen molar-refractivity contribution < 1.29 is 14.3 Å². The van der Waals surface area contributed by atoms with E-state index in [0.29, 0.717) is 6.42 Å². The zero-order valence-corrected chi connectivity index (χ0v) is 26.6. The third kappa shape index (κ3) is 19.8. The second kappa shape index (κ2) is 26.1. The first-order valence-electron chi connectivity index (χ1n) is 17.9. The van der Waals surface area contributed by atoms with Crippen molar-refractivity contribution >= 4 is 11.9 Å². The molecule has 0 aromatic heterocycles. The average Bonchev–Trinajstić information content (AvgIpc) is 3.21. The Kier molecular flexibility index (Phi) is 24.2. The highest BCUT2D eigenvalue weighted by Gasteiger charge is 2.47. The van der Waals surface area contributed by atoms with Crippen molar-refractivity contribution in [3.05, 3.63) is 0 Å². The molecule has 0 saturated carbocycles. The van der Waals surface area contributed by atoms with Gasteiger partial charge in [-0.3, -0.25) is 9.59 Å². The lowest BCUT2D eigenvalue weighted by atomic mass is 9.76. The van der Waals surface area contributed by atoms with Crippen LogP contribution >= 0.6 is 0 Å². The largest absolute Gasteiger partial charge is 0.393 e. The maximum absolute atomic E-state index is 12.6. The number of unbranched alkanes of at least 4 members (excludes halogenated alkanes) is 26. The Morgan fingerprint density at radius 2 is 0.692 bits per heavy atom. The molecule has 3 nitrogen and oxygen atoms in total. The molecule has 0 bridgehead atoms. The van der Waals surface area contributed by atoms with E-state index in [9.17, 15) is 9.59 Å². The van der Waals surface area contributed by atoms with Crippen LogP contribution in [0.2, 0.25) is 0 Å². The first kappa shape index (κ1) is 36.2. The molecule has 1 aliphatic heterocycles. The molecule has 0 atom stereocenters. The topological polar surface area (TPSA) is 43.4 Å². The van der Waals surface area contributed by atoms with E-state index in [1.807, 2.05) is 0 Å². The van der Waals surface area contributed by atoms with Crippen molar-refractivity contribution in [3.63, 3.8) is 0 Å². The number of hydrogen-bond donors (Lipinski definition) is 0. The van der Waals surface area contributed by atoms with Crippen LogP contribution in [0.3, 0.4) is 0 Å². The summed E-state index contributed by atoms with van der Waals surface area (Å²) in [5.41, 5.74) is -0.509. The molecule has 39 heavy (non-hydrogen) atoms. The Bertz CT molecular complexity index is 538. The SMILES string of the molecule is CCCCCCCCCCCCCCCCC1(CCCCCCCCCCCCCCCC)CC(=O)OC1=O. The first-order valence-corrected chi connectivity index (χ1v) is 17.9. The summed E-state index contributed by atoms with van der Waals surface area (Å²) in [7, 11) is 0. The van der Waals surface area contributed by atoms with E-state index in [0.717, 1.165) is 25.7 Å². The summed E-state index contributed by atoms with van der Waals surface area (Å²) < 4.78 is 5.04. The second-order valence-corrected chi connectivity index (χ2v) is 12.9. The molecule has 1 aliphatic rings. The summed E-state index contributed by atoms with van der Waals surface area (Å²) in [5.74, 6) is -0.521. The van der Waals surface area contributed by atoms with Gasteiger partial charge in [0.2, 0.25) is 0 Å². The van der Waals surface area contributed by atoms with Crippen molar-refractivity contribution in [2.75, 3.05) is 0 Å². The Morgan fingerprint density at radius 3 is 0.923 bits per heavy atom. The van der Waals surface area contributed by atoms with Crippen LogP contribution in [0.15, 0.2) is 0 Å². The van der Waals surface area contributed by atoms with Crippen LogP contribution in [0.1, 0.15) is 213 Å². The summed E-state index contributed by atoms with van der Waals surface area (Å²) in [6.07, 6.45) is 39.5. The molecule has 230 valence electrons. The van der Waals surface area contributed by atoms with Crippen molar-refractivity contribution in [2.45, 2.75) is 213 Å². The van der Waals surface area contributed by atoms with Crippen LogP contribution in [0.5, 0.6) is 0 Å². The number of rotatable bonds is 30. The molecule has 0 radical (unpaired) electrons. The fourth-order valence-corrected chi connectivity index (χ4v) is 6.42. The van der Waals surface area contributed by atoms with Crippen molar-refractivity contribution in [1.82, 2.24) is 0 Å². The van der Waals surface area contributed by atoms with E-state index in [-0.39, 0.29) is 11.9 Å². The summed E-state index contributed by atoms with van der Waals surface area (Å²) in [6, 6.07) is 0. The molecule has 1 rings (SSSR count). The van der Waals surface area contributed by atoms with E-state index < -0.39 is 5.41 Å². The predicted molar refractivity (Wildman–Crippen MR) is 168 cm³/mol. The molecule has 0 spiro atoms. The van der Waals surface area contributed by atoms with Crippen molar-refractivity contribution in [3.8, 4) is 0 Å². The van der Waals surface area contributed by atoms with Gasteiger partial charge in [-0.25, -0.2) is 0 Å². The molecule has 1 saturated heterocycles. The lowest BCUT2D eigenvalue weighted by molar-refractivity contribution is -0.155. The molecule has 1 fully saturated rings. The molecular formula is C36H68O3. The highest BCUT2D eigenvalue weighted by Crippen LogP contribution is 2.41. The molecule has 0 aliphatic carbocycles. The normalized spacial score (nSPS) is 14.8. The molecule has 0 unspecified atom stereocenters. The van der Waals surface area contributed by atoms with Gasteiger partial charge in [0.05, 0.1) is 11.8 Å². The minimum atomic E-state index is -0.509. The van der Waals surface area contributed by atoms with Gasteiger partial charge < -0.3 is 4.74 Å². The molecular weight excluding hydrogens is 480 g/mol. The maximum atomic E-state index is 12.6. The monoisotopic (exact) mass is 549 g/mol. The molecule has 3 heteroatoms. The van der Waals surface area contributed by atoms with E-state index in [2.05, 4.69) is 13.8 Å². The van der Waals surface area contributed by atoms with Gasteiger partial charge in [-0.1, -0.05) is 194 Å². The van der Waals surface area contributed by atoms with Gasteiger partial charge in [0, 0.05) is 0 Å². The predicted octanol–water partition coefficient (Wildman–Crippen LogP) is 12.2. The lowest BCUT2D eigenvalue weighted by Gasteiger charge is -2.23. The fraction of sp³-hybridized carbons (Fsp3) is 0.944. The Morgan fingerprint density at radius 1 is 0.436 bits per heavy atom. The van der Waals surface area contributed by atoms with E-state index in [1.54, 1.807) is 0 Å². The molecule has 0 amide bonds. The maximum Gasteiger partial charge on any atom is 0.320 e. The third-order valence-electron chi connectivity index (χ3n) is 9.14. The smallest absolute Gasteiger partial charge is 0.320 e. The third-order valence-corrected chi connectivity index (χ3v) is 9.14. The summed E-state index contributed by atoms with van der Waals surface area (Å²) in [5, 5.41) is 0. The van der Waals surface area contributed by atoms with Crippen LogP contribution in [0.25, 0.3) is 0 Å². The van der Waals surface area contributed by atoms with Gasteiger partial charge in [-0.05, 0) is 12.8 Å². The summed E-state index contributed by atoms with van der Waals surface area (Å²) in [4.78, 5) is 24.5. The zero-order chi connectivity index (χ0) is 28.3. The number of hydrogen-bond acceptors (Lipinski definition) is 3. The molecule has 0 aromatic rings. The van der Waals surface area contributed by atoms with Crippen molar-refractivity contribution in [2.24, 2.45) is 5.41 Å². The van der Waals surface area contributed by atoms with Crippen molar-refractivity contribution in [1.29, 1.82) is 0 Å². The van der Waals surface area contributed by atoms with Gasteiger partial charge in [0.15, 0.2) is 0 Å². The number of ether oxygens (including phenoxy) is 1. The van der Waals surface area contributed by atoms with Crippen LogP contribution in [0, 0.1) is 5.41 Å². The Hall–Kier alpha value is -0.860.